The van der Waals surface area contributed by atoms with Gasteiger partial charge in [0.25, 0.3) is 0 Å². The van der Waals surface area contributed by atoms with Crippen LogP contribution in [0.1, 0.15) is 5.56 Å². The van der Waals surface area contributed by atoms with E-state index in [1.807, 2.05) is 0 Å². The van der Waals surface area contributed by atoms with Gasteiger partial charge in [0, 0.05) is 43.8 Å². The monoisotopic (exact) mass is 467 g/mol. The Morgan fingerprint density at radius 3 is 2.48 bits per heavy atom. The van der Waals surface area contributed by atoms with Crippen molar-refractivity contribution in [3.05, 3.63) is 53.1 Å². The molecule has 0 radical (unpaired) electrons. The highest BCUT2D eigenvalue weighted by Crippen LogP contribution is 2.32. The maximum Gasteiger partial charge on any atom is 0.247 e. The fourth-order valence-corrected chi connectivity index (χ4v) is 5.07. The fraction of sp³-hybridized carbons (Fsp3) is 0.381. The zero-order valence-electron chi connectivity index (χ0n) is 17.5. The van der Waals surface area contributed by atoms with Crippen LogP contribution in [0.5, 0.6) is 11.5 Å². The number of sulfonamides is 1. The van der Waals surface area contributed by atoms with Crippen molar-refractivity contribution in [1.29, 1.82) is 0 Å². The molecular weight excluding hydrogens is 442 g/mol. The average molecular weight is 468 g/mol. The molecule has 1 aliphatic heterocycles. The highest BCUT2D eigenvalue weighted by Gasteiger charge is 2.32. The SMILES string of the molecule is COc1ccc(OC)c(S(=O)(=O)N(CC(=O)N2CCNCC2)Cc2ccccc2Cl)c1. The van der Waals surface area contributed by atoms with Gasteiger partial charge in [-0.1, -0.05) is 29.8 Å². The second-order valence-corrected chi connectivity index (χ2v) is 9.33. The average Bonchev–Trinajstić information content (AvgIpc) is 2.80. The lowest BCUT2D eigenvalue weighted by atomic mass is 10.2. The summed E-state index contributed by atoms with van der Waals surface area (Å²) >= 11 is 6.29. The topological polar surface area (TPSA) is 88.2 Å². The van der Waals surface area contributed by atoms with E-state index in [9.17, 15) is 13.2 Å². The van der Waals surface area contributed by atoms with E-state index in [0.29, 0.717) is 42.5 Å². The van der Waals surface area contributed by atoms with Crippen molar-refractivity contribution in [2.75, 3.05) is 46.9 Å². The minimum absolute atomic E-state index is 0.0554. The summed E-state index contributed by atoms with van der Waals surface area (Å²) in [6.07, 6.45) is 0. The number of nitrogens with zero attached hydrogens (tertiary/aromatic N) is 2. The standard InChI is InChI=1S/C21H26ClN3O5S/c1-29-17-7-8-19(30-2)20(13-17)31(27,28)25(14-16-5-3-4-6-18(16)22)15-21(26)24-11-9-23-10-12-24/h3-8,13,23H,9-12,14-15H2,1-2H3. The molecular formula is C21H26ClN3O5S. The van der Waals surface area contributed by atoms with Crippen molar-refractivity contribution < 1.29 is 22.7 Å². The van der Waals surface area contributed by atoms with Gasteiger partial charge in [0.05, 0.1) is 20.8 Å². The number of rotatable bonds is 8. The molecule has 0 unspecified atom stereocenters. The van der Waals surface area contributed by atoms with Gasteiger partial charge in [0.15, 0.2) is 0 Å². The van der Waals surface area contributed by atoms with Crippen LogP contribution in [0.3, 0.4) is 0 Å². The molecule has 1 aliphatic rings. The minimum Gasteiger partial charge on any atom is -0.497 e. The summed E-state index contributed by atoms with van der Waals surface area (Å²) in [5, 5.41) is 3.61. The van der Waals surface area contributed by atoms with E-state index in [1.165, 1.54) is 26.4 Å². The molecule has 8 nitrogen and oxygen atoms in total. The number of amides is 1. The van der Waals surface area contributed by atoms with Crippen molar-refractivity contribution in [3.63, 3.8) is 0 Å². The van der Waals surface area contributed by atoms with Crippen LogP contribution < -0.4 is 14.8 Å². The van der Waals surface area contributed by atoms with Crippen LogP contribution in [-0.4, -0.2) is 70.5 Å². The number of carbonyl (C=O) groups excluding carboxylic acids is 1. The Bertz CT molecular complexity index is 1030. The Balaban J connectivity index is 2.00. The summed E-state index contributed by atoms with van der Waals surface area (Å²) in [5.74, 6) is 0.268. The number of halogens is 1. The molecule has 0 atom stereocenters. The zero-order chi connectivity index (χ0) is 22.4. The molecule has 0 bridgehead atoms. The number of carbonyl (C=O) groups is 1. The van der Waals surface area contributed by atoms with Gasteiger partial charge in [-0.2, -0.15) is 4.31 Å². The van der Waals surface area contributed by atoms with Crippen LogP contribution >= 0.6 is 11.6 Å². The van der Waals surface area contributed by atoms with E-state index >= 15 is 0 Å². The molecule has 10 heteroatoms. The summed E-state index contributed by atoms with van der Waals surface area (Å²) in [7, 11) is -1.27. The molecule has 2 aromatic carbocycles. The van der Waals surface area contributed by atoms with E-state index < -0.39 is 10.0 Å². The third-order valence-electron chi connectivity index (χ3n) is 5.07. The largest absolute Gasteiger partial charge is 0.497 e. The smallest absolute Gasteiger partial charge is 0.247 e. The number of nitrogens with one attached hydrogen (secondary N) is 1. The number of hydrogen-bond acceptors (Lipinski definition) is 6. The Morgan fingerprint density at radius 1 is 1.13 bits per heavy atom. The highest BCUT2D eigenvalue weighted by molar-refractivity contribution is 7.89. The molecule has 1 fully saturated rings. The lowest BCUT2D eigenvalue weighted by Crippen LogP contribution is -2.50. The van der Waals surface area contributed by atoms with Gasteiger partial charge in [-0.25, -0.2) is 8.42 Å². The van der Waals surface area contributed by atoms with Crippen molar-refractivity contribution in [2.45, 2.75) is 11.4 Å². The summed E-state index contributed by atoms with van der Waals surface area (Å²) in [6.45, 7) is 2.04. The fourth-order valence-electron chi connectivity index (χ4n) is 3.33. The molecule has 1 saturated heterocycles. The van der Waals surface area contributed by atoms with Crippen molar-refractivity contribution >= 4 is 27.5 Å². The zero-order valence-corrected chi connectivity index (χ0v) is 19.1. The Kier molecular flexibility index (Phi) is 7.77. The lowest BCUT2D eigenvalue weighted by molar-refractivity contribution is -0.132. The Morgan fingerprint density at radius 2 is 1.84 bits per heavy atom. The van der Waals surface area contributed by atoms with Gasteiger partial charge in [-0.15, -0.1) is 0 Å². The molecule has 1 amide bonds. The predicted molar refractivity (Wildman–Crippen MR) is 118 cm³/mol. The first-order valence-electron chi connectivity index (χ1n) is 9.81. The Hall–Kier alpha value is -2.33. The van der Waals surface area contributed by atoms with Crippen LogP contribution in [0.15, 0.2) is 47.4 Å². The first kappa shape index (κ1) is 23.3. The first-order valence-corrected chi connectivity index (χ1v) is 11.6. The summed E-state index contributed by atoms with van der Waals surface area (Å²) in [5.41, 5.74) is 0.600. The normalized spacial score (nSPS) is 14.5. The van der Waals surface area contributed by atoms with Gasteiger partial charge in [0.2, 0.25) is 15.9 Å². The van der Waals surface area contributed by atoms with E-state index in [4.69, 9.17) is 21.1 Å². The van der Waals surface area contributed by atoms with Crippen LogP contribution in [0.4, 0.5) is 0 Å². The highest BCUT2D eigenvalue weighted by atomic mass is 35.5. The van der Waals surface area contributed by atoms with Crippen LogP contribution in [-0.2, 0) is 21.4 Å². The van der Waals surface area contributed by atoms with Gasteiger partial charge < -0.3 is 19.7 Å². The van der Waals surface area contributed by atoms with Gasteiger partial charge in [0.1, 0.15) is 16.4 Å². The molecule has 2 aromatic rings. The third kappa shape index (κ3) is 5.48. The molecule has 0 aliphatic carbocycles. The Labute approximate surface area is 187 Å². The minimum atomic E-state index is -4.12. The van der Waals surface area contributed by atoms with Crippen molar-refractivity contribution in [3.8, 4) is 11.5 Å². The van der Waals surface area contributed by atoms with Gasteiger partial charge in [-0.3, -0.25) is 4.79 Å². The third-order valence-corrected chi connectivity index (χ3v) is 7.26. The second kappa shape index (κ2) is 10.3. The van der Waals surface area contributed by atoms with Crippen LogP contribution in [0, 0.1) is 0 Å². The lowest BCUT2D eigenvalue weighted by Gasteiger charge is -2.30. The number of piperazine rings is 1. The number of ether oxygens (including phenoxy) is 2. The second-order valence-electron chi connectivity index (χ2n) is 7.01. The number of methoxy groups -OCH3 is 2. The van der Waals surface area contributed by atoms with Crippen LogP contribution in [0.25, 0.3) is 0 Å². The van der Waals surface area contributed by atoms with E-state index in [2.05, 4.69) is 5.32 Å². The van der Waals surface area contributed by atoms with E-state index in [-0.39, 0.29) is 29.6 Å². The molecule has 31 heavy (non-hydrogen) atoms. The van der Waals surface area contributed by atoms with E-state index in [1.54, 1.807) is 35.2 Å². The molecule has 168 valence electrons. The molecule has 1 heterocycles. The maximum absolute atomic E-state index is 13.7. The number of benzene rings is 2. The van der Waals surface area contributed by atoms with Crippen LogP contribution in [0.2, 0.25) is 5.02 Å². The van der Waals surface area contributed by atoms with Gasteiger partial charge in [-0.05, 0) is 23.8 Å². The molecule has 3 rings (SSSR count). The summed E-state index contributed by atoms with van der Waals surface area (Å²) < 4.78 is 39.0. The molecule has 0 aromatic heterocycles. The molecule has 0 saturated carbocycles. The maximum atomic E-state index is 13.7. The predicted octanol–water partition coefficient (Wildman–Crippen LogP) is 1.98. The van der Waals surface area contributed by atoms with Gasteiger partial charge >= 0.3 is 0 Å². The van der Waals surface area contributed by atoms with Crippen molar-refractivity contribution in [1.82, 2.24) is 14.5 Å². The number of hydrogen-bond donors (Lipinski definition) is 1. The summed E-state index contributed by atoms with van der Waals surface area (Å²) in [6, 6.07) is 11.5. The van der Waals surface area contributed by atoms with Crippen molar-refractivity contribution in [2.24, 2.45) is 0 Å². The quantitative estimate of drug-likeness (QED) is 0.638. The first-order chi connectivity index (χ1) is 14.9. The molecule has 1 N–H and O–H groups in total. The molecule has 0 spiro atoms. The van der Waals surface area contributed by atoms with E-state index in [0.717, 1.165) is 4.31 Å². The summed E-state index contributed by atoms with van der Waals surface area (Å²) in [4.78, 5) is 14.5.